The lowest BCUT2D eigenvalue weighted by Crippen LogP contribution is -2.55. The van der Waals surface area contributed by atoms with E-state index in [1.807, 2.05) is 4.90 Å². The average molecular weight is 433 g/mol. The molecule has 3 aliphatic rings. The van der Waals surface area contributed by atoms with Gasteiger partial charge in [-0.1, -0.05) is 6.42 Å². The van der Waals surface area contributed by atoms with Crippen LogP contribution in [0.2, 0.25) is 0 Å². The minimum Gasteiger partial charge on any atom is -0.339 e. The Morgan fingerprint density at radius 1 is 1.13 bits per heavy atom. The summed E-state index contributed by atoms with van der Waals surface area (Å²) >= 11 is 1.40. The molecule has 2 aromatic rings. The van der Waals surface area contributed by atoms with E-state index < -0.39 is 11.6 Å². The van der Waals surface area contributed by atoms with Crippen LogP contribution in [0.1, 0.15) is 29.8 Å². The molecular weight excluding hydrogens is 406 g/mol. The number of carbonyl (C=O) groups excluding carboxylic acids is 1. The zero-order valence-electron chi connectivity index (χ0n) is 16.9. The molecule has 5 nitrogen and oxygen atoms in total. The number of aromatic nitrogens is 1. The Labute approximate surface area is 179 Å². The normalized spacial score (nSPS) is 20.8. The van der Waals surface area contributed by atoms with Gasteiger partial charge in [-0.05, 0) is 31.0 Å². The van der Waals surface area contributed by atoms with Gasteiger partial charge in [0.1, 0.15) is 16.6 Å². The first-order chi connectivity index (χ1) is 14.6. The summed E-state index contributed by atoms with van der Waals surface area (Å²) in [6, 6.07) is 4.20. The monoisotopic (exact) mass is 432 g/mol. The first kappa shape index (κ1) is 20.0. The van der Waals surface area contributed by atoms with Crippen LogP contribution in [0.15, 0.2) is 18.2 Å². The highest BCUT2D eigenvalue weighted by molar-refractivity contribution is 7.15. The smallest absolute Gasteiger partial charge is 0.236 e. The molecule has 1 saturated heterocycles. The number of benzene rings is 1. The molecular formula is C22H26F2N4OS. The van der Waals surface area contributed by atoms with Crippen LogP contribution < -0.4 is 0 Å². The van der Waals surface area contributed by atoms with Gasteiger partial charge in [0.15, 0.2) is 0 Å². The summed E-state index contributed by atoms with van der Waals surface area (Å²) in [5.74, 6) is -0.743. The van der Waals surface area contributed by atoms with Crippen molar-refractivity contribution in [1.82, 2.24) is 19.7 Å². The number of hydrogen-bond acceptors (Lipinski definition) is 5. The van der Waals surface area contributed by atoms with E-state index in [-0.39, 0.29) is 11.5 Å². The molecule has 1 aromatic carbocycles. The third-order valence-corrected chi connectivity index (χ3v) is 7.70. The molecule has 0 bridgehead atoms. The Hall–Kier alpha value is -1.90. The van der Waals surface area contributed by atoms with Crippen LogP contribution in [-0.2, 0) is 17.8 Å². The molecule has 5 rings (SSSR count). The maximum absolute atomic E-state index is 14.1. The lowest BCUT2D eigenvalue weighted by Gasteiger charge is -2.43. The van der Waals surface area contributed by atoms with Crippen molar-refractivity contribution in [2.45, 2.75) is 38.3 Å². The average Bonchev–Trinajstić information content (AvgIpc) is 3.12. The summed E-state index contributed by atoms with van der Waals surface area (Å²) in [5.41, 5.74) is 1.15. The van der Waals surface area contributed by atoms with Crippen LogP contribution in [0.4, 0.5) is 8.78 Å². The largest absolute Gasteiger partial charge is 0.339 e. The molecule has 0 atom stereocenters. The highest BCUT2D eigenvalue weighted by atomic mass is 32.1. The number of nitrogens with zero attached hydrogens (tertiary/aromatic N) is 4. The van der Waals surface area contributed by atoms with Crippen molar-refractivity contribution in [3.05, 3.63) is 40.4 Å². The molecule has 3 heterocycles. The summed E-state index contributed by atoms with van der Waals surface area (Å²) < 4.78 is 27.7. The zero-order chi connectivity index (χ0) is 20.7. The second-order valence-corrected chi connectivity index (χ2v) is 9.56. The fourth-order valence-electron chi connectivity index (χ4n) is 4.54. The number of hydrogen-bond donors (Lipinski definition) is 0. The molecule has 2 fully saturated rings. The molecule has 1 amide bonds. The Bertz CT molecular complexity index is 937. The van der Waals surface area contributed by atoms with Crippen molar-refractivity contribution in [2.75, 3.05) is 39.3 Å². The van der Waals surface area contributed by atoms with Gasteiger partial charge in [0.05, 0.1) is 12.2 Å². The Kier molecular flexibility index (Phi) is 5.56. The first-order valence-corrected chi connectivity index (χ1v) is 11.6. The van der Waals surface area contributed by atoms with Gasteiger partial charge in [-0.15, -0.1) is 11.3 Å². The molecule has 1 aliphatic carbocycles. The Morgan fingerprint density at radius 2 is 1.93 bits per heavy atom. The molecule has 0 N–H and O–H groups in total. The maximum Gasteiger partial charge on any atom is 0.236 e. The number of amides is 1. The highest BCUT2D eigenvalue weighted by Gasteiger charge is 2.30. The van der Waals surface area contributed by atoms with Gasteiger partial charge in [-0.25, -0.2) is 13.8 Å². The molecule has 160 valence electrons. The first-order valence-electron chi connectivity index (χ1n) is 10.7. The second-order valence-electron chi connectivity index (χ2n) is 8.48. The van der Waals surface area contributed by atoms with Crippen LogP contribution in [0.3, 0.4) is 0 Å². The van der Waals surface area contributed by atoms with Gasteiger partial charge in [0.25, 0.3) is 0 Å². The van der Waals surface area contributed by atoms with Gasteiger partial charge in [-0.2, -0.15) is 0 Å². The number of carbonyl (C=O) groups is 1. The molecule has 1 saturated carbocycles. The Morgan fingerprint density at radius 3 is 2.67 bits per heavy atom. The molecule has 0 unspecified atom stereocenters. The fourth-order valence-corrected chi connectivity index (χ4v) is 5.71. The third kappa shape index (κ3) is 4.00. The lowest BCUT2D eigenvalue weighted by molar-refractivity contribution is -0.135. The number of thiazole rings is 1. The van der Waals surface area contributed by atoms with Crippen LogP contribution in [-0.4, -0.2) is 70.9 Å². The summed E-state index contributed by atoms with van der Waals surface area (Å²) in [6.07, 6.45) is 4.68. The molecule has 1 aromatic heterocycles. The Balaban J connectivity index is 1.19. The molecule has 2 aliphatic heterocycles. The van der Waals surface area contributed by atoms with E-state index in [9.17, 15) is 13.6 Å². The number of halogens is 2. The number of rotatable bonds is 4. The van der Waals surface area contributed by atoms with Crippen LogP contribution >= 0.6 is 11.3 Å². The number of piperazine rings is 1. The van der Waals surface area contributed by atoms with E-state index in [1.54, 1.807) is 0 Å². The van der Waals surface area contributed by atoms with Gasteiger partial charge >= 0.3 is 0 Å². The summed E-state index contributed by atoms with van der Waals surface area (Å²) in [4.78, 5) is 25.1. The third-order valence-electron chi connectivity index (χ3n) is 6.59. The maximum atomic E-state index is 14.1. The summed E-state index contributed by atoms with van der Waals surface area (Å²) in [7, 11) is 0. The van der Waals surface area contributed by atoms with Gasteiger partial charge in [0.2, 0.25) is 5.91 Å². The molecule has 0 spiro atoms. The zero-order valence-corrected chi connectivity index (χ0v) is 17.8. The molecule has 8 heteroatoms. The number of fused-ring (bicyclic) bond motifs is 1. The van der Waals surface area contributed by atoms with Crippen molar-refractivity contribution in [1.29, 1.82) is 0 Å². The van der Waals surface area contributed by atoms with Crippen LogP contribution in [0, 0.1) is 11.6 Å². The lowest BCUT2D eigenvalue weighted by atomic mass is 9.91. The van der Waals surface area contributed by atoms with Crippen molar-refractivity contribution in [3.63, 3.8) is 0 Å². The highest BCUT2D eigenvalue weighted by Crippen LogP contribution is 2.33. The summed E-state index contributed by atoms with van der Waals surface area (Å²) in [6.45, 7) is 5.41. The van der Waals surface area contributed by atoms with Crippen molar-refractivity contribution >= 4 is 17.2 Å². The predicted octanol–water partition coefficient (Wildman–Crippen LogP) is 3.14. The van der Waals surface area contributed by atoms with E-state index in [2.05, 4.69) is 14.8 Å². The van der Waals surface area contributed by atoms with Gasteiger partial charge in [-0.3, -0.25) is 14.6 Å². The molecule has 30 heavy (non-hydrogen) atoms. The molecule has 0 radical (unpaired) electrons. The standard InChI is InChI=1S/C22H26F2N4OS/c23-15-4-5-18(24)17(12-15)22-25-19-6-7-26(13-20(19)30-22)14-21(29)28-10-8-27(9-11-28)16-2-1-3-16/h4-5,12,16H,1-3,6-11,13-14H2. The fraction of sp³-hybridized carbons (Fsp3) is 0.545. The van der Waals surface area contributed by atoms with Crippen LogP contribution in [0.5, 0.6) is 0 Å². The minimum atomic E-state index is -0.468. The van der Waals surface area contributed by atoms with E-state index >= 15 is 0 Å². The van der Waals surface area contributed by atoms with Crippen LogP contribution in [0.25, 0.3) is 10.6 Å². The second kappa shape index (κ2) is 8.32. The summed E-state index contributed by atoms with van der Waals surface area (Å²) in [5, 5.41) is 0.511. The predicted molar refractivity (Wildman–Crippen MR) is 112 cm³/mol. The van der Waals surface area contributed by atoms with Gasteiger partial charge in [0, 0.05) is 62.2 Å². The van der Waals surface area contributed by atoms with Crippen molar-refractivity contribution < 1.29 is 13.6 Å². The van der Waals surface area contributed by atoms with Crippen molar-refractivity contribution in [3.8, 4) is 10.6 Å². The SMILES string of the molecule is O=C(CN1CCc2nc(-c3cc(F)ccc3F)sc2C1)N1CCN(C2CCC2)CC1. The van der Waals surface area contributed by atoms with E-state index in [0.29, 0.717) is 18.1 Å². The van der Waals surface area contributed by atoms with E-state index in [1.165, 1.54) is 36.7 Å². The van der Waals surface area contributed by atoms with E-state index in [4.69, 9.17) is 0 Å². The van der Waals surface area contributed by atoms with Crippen molar-refractivity contribution in [2.24, 2.45) is 0 Å². The quantitative estimate of drug-likeness (QED) is 0.744. The minimum absolute atomic E-state index is 0.188. The van der Waals surface area contributed by atoms with Gasteiger partial charge < -0.3 is 4.90 Å². The van der Waals surface area contributed by atoms with E-state index in [0.717, 1.165) is 67.9 Å². The topological polar surface area (TPSA) is 39.7 Å².